The number of rotatable bonds is 4. The molecule has 1 aromatic rings. The Labute approximate surface area is 109 Å². The Morgan fingerprint density at radius 1 is 1.18 bits per heavy atom. The molecule has 0 aliphatic rings. The van der Waals surface area contributed by atoms with Crippen molar-refractivity contribution in [1.29, 1.82) is 0 Å². The zero-order chi connectivity index (χ0) is 13.2. The lowest BCUT2D eigenvalue weighted by Crippen LogP contribution is -2.29. The van der Waals surface area contributed by atoms with Crippen LogP contribution in [0.2, 0.25) is 10.0 Å². The van der Waals surface area contributed by atoms with Gasteiger partial charge in [-0.25, -0.2) is 4.39 Å². The fraction of sp³-hybridized carbons (Fsp3) is 0.333. The van der Waals surface area contributed by atoms with Gasteiger partial charge in [-0.2, -0.15) is 0 Å². The van der Waals surface area contributed by atoms with Crippen molar-refractivity contribution < 1.29 is 14.0 Å². The number of alkyl halides is 1. The molecule has 0 amide bonds. The van der Waals surface area contributed by atoms with Crippen molar-refractivity contribution in [2.24, 2.45) is 5.92 Å². The van der Waals surface area contributed by atoms with Crippen LogP contribution < -0.4 is 0 Å². The quantitative estimate of drug-likeness (QED) is 0.620. The SMILES string of the molecule is CC(C)C(=O)C(F)C(=O)c1ccc(Cl)c(Cl)c1. The number of benzene rings is 1. The van der Waals surface area contributed by atoms with Gasteiger partial charge in [-0.15, -0.1) is 0 Å². The molecule has 0 bridgehead atoms. The summed E-state index contributed by atoms with van der Waals surface area (Å²) in [7, 11) is 0. The summed E-state index contributed by atoms with van der Waals surface area (Å²) >= 11 is 11.4. The number of carbonyl (C=O) groups is 2. The van der Waals surface area contributed by atoms with Crippen LogP contribution in [-0.2, 0) is 4.79 Å². The second kappa shape index (κ2) is 5.61. The highest BCUT2D eigenvalue weighted by atomic mass is 35.5. The molecule has 0 N–H and O–H groups in total. The van der Waals surface area contributed by atoms with E-state index in [1.54, 1.807) is 0 Å². The van der Waals surface area contributed by atoms with Crippen LogP contribution in [0.4, 0.5) is 4.39 Å². The lowest BCUT2D eigenvalue weighted by Gasteiger charge is -2.09. The molecule has 92 valence electrons. The number of carbonyl (C=O) groups excluding carboxylic acids is 2. The van der Waals surface area contributed by atoms with Crippen LogP contribution >= 0.6 is 23.2 Å². The minimum atomic E-state index is -2.15. The molecule has 0 radical (unpaired) electrons. The van der Waals surface area contributed by atoms with E-state index in [1.807, 2.05) is 0 Å². The highest BCUT2D eigenvalue weighted by Crippen LogP contribution is 2.24. The molecule has 0 saturated carbocycles. The number of Topliss-reactive ketones (excluding diaryl/α,β-unsaturated/α-hetero) is 2. The molecule has 2 nitrogen and oxygen atoms in total. The second-order valence-corrected chi connectivity index (χ2v) is 4.73. The van der Waals surface area contributed by atoms with Gasteiger partial charge in [-0.3, -0.25) is 9.59 Å². The summed E-state index contributed by atoms with van der Waals surface area (Å²) in [5.74, 6) is -2.15. The molecule has 0 heterocycles. The minimum absolute atomic E-state index is 0.0425. The van der Waals surface area contributed by atoms with E-state index in [0.29, 0.717) is 0 Å². The van der Waals surface area contributed by atoms with Gasteiger partial charge in [0.05, 0.1) is 10.0 Å². The molecule has 1 aromatic carbocycles. The fourth-order valence-corrected chi connectivity index (χ4v) is 1.52. The minimum Gasteiger partial charge on any atom is -0.296 e. The zero-order valence-electron chi connectivity index (χ0n) is 9.34. The van der Waals surface area contributed by atoms with Crippen molar-refractivity contribution >= 4 is 34.8 Å². The Hall–Kier alpha value is -0.930. The Kier molecular flexibility index (Phi) is 4.66. The Morgan fingerprint density at radius 3 is 2.24 bits per heavy atom. The molecular weight excluding hydrogens is 266 g/mol. The highest BCUT2D eigenvalue weighted by Gasteiger charge is 2.29. The van der Waals surface area contributed by atoms with Gasteiger partial charge in [-0.05, 0) is 18.2 Å². The first-order chi connectivity index (χ1) is 7.84. The van der Waals surface area contributed by atoms with Gasteiger partial charge in [0.2, 0.25) is 12.0 Å². The maximum Gasteiger partial charge on any atom is 0.221 e. The van der Waals surface area contributed by atoms with Crippen molar-refractivity contribution in [3.63, 3.8) is 0 Å². The van der Waals surface area contributed by atoms with Crippen LogP contribution in [0.5, 0.6) is 0 Å². The standard InChI is InChI=1S/C12H11Cl2FO2/c1-6(2)11(16)10(15)12(17)7-3-4-8(13)9(14)5-7/h3-6,10H,1-2H3. The van der Waals surface area contributed by atoms with Gasteiger partial charge in [0, 0.05) is 11.5 Å². The highest BCUT2D eigenvalue weighted by molar-refractivity contribution is 6.42. The van der Waals surface area contributed by atoms with Crippen LogP contribution in [0.3, 0.4) is 0 Å². The summed E-state index contributed by atoms with van der Waals surface area (Å²) in [5.41, 5.74) is 0.0425. The maximum atomic E-state index is 13.6. The summed E-state index contributed by atoms with van der Waals surface area (Å²) in [4.78, 5) is 23.0. The first-order valence-corrected chi connectivity index (χ1v) is 5.77. The van der Waals surface area contributed by atoms with Gasteiger partial charge in [0.15, 0.2) is 5.78 Å². The molecule has 1 rings (SSSR count). The third-order valence-corrected chi connectivity index (χ3v) is 2.99. The normalized spacial score (nSPS) is 12.6. The molecule has 0 saturated heterocycles. The first kappa shape index (κ1) is 14.1. The molecule has 0 fully saturated rings. The maximum absolute atomic E-state index is 13.6. The Balaban J connectivity index is 2.97. The summed E-state index contributed by atoms with van der Waals surface area (Å²) in [5, 5.41) is 0.426. The van der Waals surface area contributed by atoms with Crippen molar-refractivity contribution in [3.8, 4) is 0 Å². The number of ketones is 2. The van der Waals surface area contributed by atoms with Crippen LogP contribution in [0.25, 0.3) is 0 Å². The molecular formula is C12H11Cl2FO2. The average Bonchev–Trinajstić information content (AvgIpc) is 2.29. The molecule has 0 spiro atoms. The summed E-state index contributed by atoms with van der Waals surface area (Å²) in [6.07, 6.45) is -2.15. The number of halogens is 3. The number of hydrogen-bond acceptors (Lipinski definition) is 2. The average molecular weight is 277 g/mol. The van der Waals surface area contributed by atoms with Gasteiger partial charge in [0.25, 0.3) is 0 Å². The molecule has 0 aliphatic carbocycles. The monoisotopic (exact) mass is 276 g/mol. The number of hydrogen-bond donors (Lipinski definition) is 0. The fourth-order valence-electron chi connectivity index (χ4n) is 1.22. The molecule has 1 atom stereocenters. The lowest BCUT2D eigenvalue weighted by atomic mass is 9.98. The van der Waals surface area contributed by atoms with Gasteiger partial charge in [-0.1, -0.05) is 37.0 Å². The summed E-state index contributed by atoms with van der Waals surface area (Å²) < 4.78 is 13.6. The third kappa shape index (κ3) is 3.27. The Bertz CT molecular complexity index is 458. The van der Waals surface area contributed by atoms with E-state index >= 15 is 0 Å². The van der Waals surface area contributed by atoms with Crippen molar-refractivity contribution in [2.75, 3.05) is 0 Å². The van der Waals surface area contributed by atoms with E-state index in [0.717, 1.165) is 0 Å². The van der Waals surface area contributed by atoms with Crippen molar-refractivity contribution in [3.05, 3.63) is 33.8 Å². The van der Waals surface area contributed by atoms with E-state index in [9.17, 15) is 14.0 Å². The van der Waals surface area contributed by atoms with Gasteiger partial charge < -0.3 is 0 Å². The predicted octanol–water partition coefficient (Wildman–Crippen LogP) is 3.74. The van der Waals surface area contributed by atoms with E-state index < -0.39 is 23.7 Å². The van der Waals surface area contributed by atoms with Crippen molar-refractivity contribution in [2.45, 2.75) is 20.0 Å². The predicted molar refractivity (Wildman–Crippen MR) is 65.5 cm³/mol. The van der Waals surface area contributed by atoms with E-state index in [2.05, 4.69) is 0 Å². The first-order valence-electron chi connectivity index (χ1n) is 5.01. The molecule has 1 unspecified atom stereocenters. The summed E-state index contributed by atoms with van der Waals surface area (Å²) in [6, 6.07) is 3.99. The van der Waals surface area contributed by atoms with Crippen LogP contribution in [0.15, 0.2) is 18.2 Å². The van der Waals surface area contributed by atoms with Crippen LogP contribution in [0.1, 0.15) is 24.2 Å². The molecule has 0 aliphatic heterocycles. The summed E-state index contributed by atoms with van der Waals surface area (Å²) in [6.45, 7) is 3.08. The lowest BCUT2D eigenvalue weighted by molar-refractivity contribution is -0.125. The Morgan fingerprint density at radius 2 is 1.76 bits per heavy atom. The zero-order valence-corrected chi connectivity index (χ0v) is 10.8. The largest absolute Gasteiger partial charge is 0.296 e. The third-order valence-electron chi connectivity index (χ3n) is 2.25. The van der Waals surface area contributed by atoms with Gasteiger partial charge in [0.1, 0.15) is 0 Å². The van der Waals surface area contributed by atoms with Crippen LogP contribution in [0, 0.1) is 5.92 Å². The van der Waals surface area contributed by atoms with Gasteiger partial charge >= 0.3 is 0 Å². The van der Waals surface area contributed by atoms with Crippen molar-refractivity contribution in [1.82, 2.24) is 0 Å². The van der Waals surface area contributed by atoms with E-state index in [-0.39, 0.29) is 15.6 Å². The molecule has 0 aromatic heterocycles. The van der Waals surface area contributed by atoms with E-state index in [4.69, 9.17) is 23.2 Å². The second-order valence-electron chi connectivity index (χ2n) is 3.91. The topological polar surface area (TPSA) is 34.1 Å². The smallest absolute Gasteiger partial charge is 0.221 e. The van der Waals surface area contributed by atoms with Crippen LogP contribution in [-0.4, -0.2) is 17.7 Å². The van der Waals surface area contributed by atoms with E-state index in [1.165, 1.54) is 32.0 Å². The molecule has 17 heavy (non-hydrogen) atoms. The molecule has 5 heteroatoms.